The molecule has 0 aromatic heterocycles. The predicted octanol–water partition coefficient (Wildman–Crippen LogP) is 12.6. The molecule has 53 heavy (non-hydrogen) atoms. The number of phosphoric ester groups is 1. The van der Waals surface area contributed by atoms with Crippen molar-refractivity contribution in [2.24, 2.45) is 0 Å². The first-order valence-corrected chi connectivity index (χ1v) is 23.2. The number of hydrogen-bond donors (Lipinski definition) is 1. The number of carbonyl (C=O) groups is 1. The molecular weight excluding hydrogens is 685 g/mol. The second-order valence-corrected chi connectivity index (χ2v) is 17.2. The van der Waals surface area contributed by atoms with E-state index >= 15 is 0 Å². The summed E-state index contributed by atoms with van der Waals surface area (Å²) in [5, 5.41) is 0. The van der Waals surface area contributed by atoms with E-state index in [4.69, 9.17) is 18.5 Å². The zero-order chi connectivity index (χ0) is 39.1. The molecule has 9 heteroatoms. The summed E-state index contributed by atoms with van der Waals surface area (Å²) in [5.74, 6) is -0.329. The van der Waals surface area contributed by atoms with Gasteiger partial charge in [-0.15, -0.1) is 0 Å². The van der Waals surface area contributed by atoms with Crippen LogP contribution in [0.1, 0.15) is 181 Å². The van der Waals surface area contributed by atoms with Crippen molar-refractivity contribution in [2.75, 3.05) is 54.1 Å². The molecule has 0 amide bonds. The number of allylic oxidation sites excluding steroid dienone is 6. The fourth-order valence-corrected chi connectivity index (χ4v) is 6.60. The number of nitrogens with zero attached hydrogens (tertiary/aromatic N) is 1. The molecule has 0 aromatic carbocycles. The zero-order valence-corrected chi connectivity index (χ0v) is 36.1. The summed E-state index contributed by atoms with van der Waals surface area (Å²) in [6, 6.07) is 0. The Kier molecular flexibility index (Phi) is 36.7. The minimum Gasteiger partial charge on any atom is -0.457 e. The first-order valence-electron chi connectivity index (χ1n) is 21.7. The highest BCUT2D eigenvalue weighted by Crippen LogP contribution is 2.43. The Morgan fingerprint density at radius 1 is 0.604 bits per heavy atom. The summed E-state index contributed by atoms with van der Waals surface area (Å²) in [5.41, 5.74) is 0. The molecule has 8 nitrogen and oxygen atoms in total. The van der Waals surface area contributed by atoms with Gasteiger partial charge in [-0.05, 0) is 44.9 Å². The maximum atomic E-state index is 12.7. The van der Waals surface area contributed by atoms with E-state index in [1.807, 2.05) is 21.1 Å². The minimum atomic E-state index is -4.28. The third-order valence-corrected chi connectivity index (χ3v) is 10.2. The second kappa shape index (κ2) is 37.6. The maximum Gasteiger partial charge on any atom is 0.472 e. The van der Waals surface area contributed by atoms with Crippen molar-refractivity contribution >= 4 is 13.8 Å². The molecule has 0 radical (unpaired) electrons. The van der Waals surface area contributed by atoms with Gasteiger partial charge in [-0.3, -0.25) is 13.8 Å². The number of quaternary nitrogens is 1. The summed E-state index contributed by atoms with van der Waals surface area (Å²) < 4.78 is 35.0. The first-order chi connectivity index (χ1) is 25.6. The lowest BCUT2D eigenvalue weighted by atomic mass is 10.0. The summed E-state index contributed by atoms with van der Waals surface area (Å²) in [6.07, 6.45) is 43.1. The Hall–Kier alpha value is -1.28. The number of likely N-dealkylation sites (N-methyl/N-ethyl adjacent to an activating group) is 1. The molecule has 0 aliphatic rings. The summed E-state index contributed by atoms with van der Waals surface area (Å²) in [7, 11) is 1.66. The SMILES string of the molecule is CC/C=C\C/C=C\C/C=C\CCCCCCCC(=O)OC(COCCCCCCCCCCCCCCCCCC)COP(=O)(O)OCC[N+](C)(C)C. The predicted molar refractivity (Wildman–Crippen MR) is 224 cm³/mol. The third kappa shape index (κ3) is 41.7. The molecule has 312 valence electrons. The summed E-state index contributed by atoms with van der Waals surface area (Å²) >= 11 is 0. The Morgan fingerprint density at radius 3 is 1.64 bits per heavy atom. The van der Waals surface area contributed by atoms with Crippen LogP contribution >= 0.6 is 7.82 Å². The van der Waals surface area contributed by atoms with Gasteiger partial charge in [0.15, 0.2) is 0 Å². The summed E-state index contributed by atoms with van der Waals surface area (Å²) in [4.78, 5) is 22.9. The largest absolute Gasteiger partial charge is 0.472 e. The highest BCUT2D eigenvalue weighted by atomic mass is 31.2. The number of rotatable bonds is 40. The fraction of sp³-hybridized carbons (Fsp3) is 0.841. The molecule has 0 bridgehead atoms. The van der Waals surface area contributed by atoms with Gasteiger partial charge in [-0.1, -0.05) is 166 Å². The van der Waals surface area contributed by atoms with Gasteiger partial charge in [0.2, 0.25) is 0 Å². The molecule has 0 saturated carbocycles. The number of ether oxygens (including phenoxy) is 2. The molecular formula is C44H85NO7P+. The lowest BCUT2D eigenvalue weighted by Gasteiger charge is -2.24. The van der Waals surface area contributed by atoms with Crippen molar-refractivity contribution in [3.8, 4) is 0 Å². The second-order valence-electron chi connectivity index (χ2n) is 15.7. The van der Waals surface area contributed by atoms with Crippen molar-refractivity contribution in [2.45, 2.75) is 187 Å². The quantitative estimate of drug-likeness (QED) is 0.0218. The van der Waals surface area contributed by atoms with E-state index in [1.54, 1.807) is 0 Å². The average Bonchev–Trinajstić information content (AvgIpc) is 3.11. The van der Waals surface area contributed by atoms with Gasteiger partial charge in [0, 0.05) is 13.0 Å². The maximum absolute atomic E-state index is 12.7. The van der Waals surface area contributed by atoms with Crippen molar-refractivity contribution in [3.05, 3.63) is 36.5 Å². The molecule has 0 aromatic rings. The smallest absolute Gasteiger partial charge is 0.457 e. The van der Waals surface area contributed by atoms with E-state index in [2.05, 4.69) is 50.3 Å². The first kappa shape index (κ1) is 51.7. The normalized spacial score (nSPS) is 14.2. The average molecular weight is 771 g/mol. The number of phosphoric acid groups is 1. The number of esters is 1. The van der Waals surface area contributed by atoms with E-state index in [0.29, 0.717) is 24.1 Å². The van der Waals surface area contributed by atoms with Gasteiger partial charge < -0.3 is 18.9 Å². The molecule has 0 aliphatic heterocycles. The van der Waals surface area contributed by atoms with Crippen LogP contribution in [0.4, 0.5) is 0 Å². The van der Waals surface area contributed by atoms with Gasteiger partial charge in [-0.25, -0.2) is 4.57 Å². The van der Waals surface area contributed by atoms with Crippen LogP contribution in [0.5, 0.6) is 0 Å². The van der Waals surface area contributed by atoms with Crippen LogP contribution in [0.3, 0.4) is 0 Å². The van der Waals surface area contributed by atoms with Gasteiger partial charge in [0.05, 0.1) is 34.4 Å². The van der Waals surface area contributed by atoms with Gasteiger partial charge >= 0.3 is 13.8 Å². The number of hydrogen-bond acceptors (Lipinski definition) is 6. The molecule has 2 atom stereocenters. The standard InChI is InChI=1S/C44H84NO7P/c1-6-8-10-12-14-16-18-20-22-24-26-28-30-32-34-36-39-49-41-43(42-51-53(47,48)50-40-38-45(3,4)5)52-44(46)37-35-33-31-29-27-25-23-21-19-17-15-13-11-9-7-2/h9,11,15,17,21,23,43H,6-8,10,12-14,16,18-20,22,24-42H2,1-5H3/p+1/b11-9-,17-15-,23-21-. The van der Waals surface area contributed by atoms with Crippen LogP contribution in [-0.4, -0.2) is 75.6 Å². The van der Waals surface area contributed by atoms with Crippen molar-refractivity contribution in [1.29, 1.82) is 0 Å². The monoisotopic (exact) mass is 771 g/mol. The molecule has 0 rings (SSSR count). The van der Waals surface area contributed by atoms with Crippen LogP contribution in [0.25, 0.3) is 0 Å². The molecule has 0 aliphatic carbocycles. The number of carbonyl (C=O) groups excluding carboxylic acids is 1. The topological polar surface area (TPSA) is 91.3 Å². The summed E-state index contributed by atoms with van der Waals surface area (Å²) in [6.45, 7) is 5.51. The van der Waals surface area contributed by atoms with Gasteiger partial charge in [0.25, 0.3) is 0 Å². The van der Waals surface area contributed by atoms with Crippen LogP contribution in [0, 0.1) is 0 Å². The van der Waals surface area contributed by atoms with Crippen LogP contribution in [-0.2, 0) is 27.9 Å². The molecule has 1 N–H and O–H groups in total. The van der Waals surface area contributed by atoms with Gasteiger partial charge in [-0.2, -0.15) is 0 Å². The Balaban J connectivity index is 4.25. The third-order valence-electron chi connectivity index (χ3n) is 9.22. The Bertz CT molecular complexity index is 947. The molecule has 0 fully saturated rings. The Morgan fingerprint density at radius 2 is 1.09 bits per heavy atom. The highest BCUT2D eigenvalue weighted by molar-refractivity contribution is 7.47. The highest BCUT2D eigenvalue weighted by Gasteiger charge is 2.26. The number of unbranched alkanes of at least 4 members (excludes halogenated alkanes) is 20. The van der Waals surface area contributed by atoms with E-state index in [9.17, 15) is 14.3 Å². The minimum absolute atomic E-state index is 0.0856. The van der Waals surface area contributed by atoms with Crippen LogP contribution < -0.4 is 0 Å². The molecule has 0 heterocycles. The molecule has 2 unspecified atom stereocenters. The fourth-order valence-electron chi connectivity index (χ4n) is 5.86. The lowest BCUT2D eigenvalue weighted by molar-refractivity contribution is -0.870. The van der Waals surface area contributed by atoms with E-state index in [-0.39, 0.29) is 25.8 Å². The van der Waals surface area contributed by atoms with E-state index < -0.39 is 13.9 Å². The van der Waals surface area contributed by atoms with Crippen molar-refractivity contribution in [3.63, 3.8) is 0 Å². The van der Waals surface area contributed by atoms with Crippen LogP contribution in [0.15, 0.2) is 36.5 Å². The van der Waals surface area contributed by atoms with Crippen molar-refractivity contribution in [1.82, 2.24) is 0 Å². The zero-order valence-electron chi connectivity index (χ0n) is 35.3. The molecule has 0 saturated heterocycles. The van der Waals surface area contributed by atoms with E-state index in [0.717, 1.165) is 70.6 Å². The lowest BCUT2D eigenvalue weighted by Crippen LogP contribution is -2.37. The molecule has 0 spiro atoms. The van der Waals surface area contributed by atoms with Crippen molar-refractivity contribution < 1.29 is 37.3 Å². The Labute approximate surface area is 327 Å². The van der Waals surface area contributed by atoms with E-state index in [1.165, 1.54) is 89.9 Å². The van der Waals surface area contributed by atoms with Gasteiger partial charge in [0.1, 0.15) is 19.3 Å². The van der Waals surface area contributed by atoms with Crippen LogP contribution in [0.2, 0.25) is 0 Å².